The molecule has 4 N–H and O–H groups in total. The van der Waals surface area contributed by atoms with Crippen LogP contribution in [0.1, 0.15) is 0 Å². The van der Waals surface area contributed by atoms with Gasteiger partial charge in [-0.3, -0.25) is 16.0 Å². The molecule has 7 nitrogen and oxygen atoms in total. The Labute approximate surface area is 111 Å². The van der Waals surface area contributed by atoms with E-state index in [-0.39, 0.29) is 11.4 Å². The SMILES string of the molecule is NNc1cccc(N(CCO)CC(F)(F)F)c1[N+](=O)[O-]. The minimum Gasteiger partial charge on any atom is -0.395 e. The van der Waals surface area contributed by atoms with Crippen molar-refractivity contribution in [2.45, 2.75) is 6.18 Å². The van der Waals surface area contributed by atoms with Crippen LogP contribution in [-0.4, -0.2) is 35.9 Å². The Kier molecular flexibility index (Phi) is 5.11. The molecule has 112 valence electrons. The molecule has 20 heavy (non-hydrogen) atoms. The van der Waals surface area contributed by atoms with E-state index in [9.17, 15) is 23.3 Å². The minimum absolute atomic E-state index is 0.113. The van der Waals surface area contributed by atoms with Gasteiger partial charge in [0.25, 0.3) is 0 Å². The molecule has 0 saturated carbocycles. The summed E-state index contributed by atoms with van der Waals surface area (Å²) in [5, 5.41) is 19.8. The number of nitrogens with two attached hydrogens (primary N) is 1. The van der Waals surface area contributed by atoms with Crippen LogP contribution >= 0.6 is 0 Å². The molecular formula is C10H13F3N4O3. The Morgan fingerprint density at radius 3 is 2.55 bits per heavy atom. The molecule has 0 bridgehead atoms. The van der Waals surface area contributed by atoms with Crippen LogP contribution in [0, 0.1) is 10.1 Å². The Bertz CT molecular complexity index is 481. The van der Waals surface area contributed by atoms with Crippen LogP contribution in [0.3, 0.4) is 0 Å². The Morgan fingerprint density at radius 2 is 2.10 bits per heavy atom. The zero-order chi connectivity index (χ0) is 15.3. The van der Waals surface area contributed by atoms with Crippen LogP contribution in [0.5, 0.6) is 0 Å². The van der Waals surface area contributed by atoms with Gasteiger partial charge in [0.15, 0.2) is 0 Å². The predicted molar refractivity (Wildman–Crippen MR) is 66.3 cm³/mol. The molecule has 0 aliphatic rings. The number of nitro groups is 1. The summed E-state index contributed by atoms with van der Waals surface area (Å²) in [6.45, 7) is -2.38. The third-order valence-corrected chi connectivity index (χ3v) is 2.43. The van der Waals surface area contributed by atoms with Crippen LogP contribution in [0.4, 0.5) is 30.2 Å². The van der Waals surface area contributed by atoms with E-state index in [2.05, 4.69) is 5.43 Å². The van der Waals surface area contributed by atoms with Gasteiger partial charge >= 0.3 is 11.9 Å². The lowest BCUT2D eigenvalue weighted by Crippen LogP contribution is -2.36. The van der Waals surface area contributed by atoms with Gasteiger partial charge in [-0.1, -0.05) is 6.07 Å². The number of hydrogen-bond donors (Lipinski definition) is 3. The fraction of sp³-hybridized carbons (Fsp3) is 0.400. The maximum Gasteiger partial charge on any atom is 0.405 e. The molecule has 1 rings (SSSR count). The first kappa shape index (κ1) is 16.0. The van der Waals surface area contributed by atoms with Gasteiger partial charge in [0, 0.05) is 6.54 Å². The van der Waals surface area contributed by atoms with E-state index in [0.717, 1.165) is 0 Å². The fourth-order valence-electron chi connectivity index (χ4n) is 1.72. The Balaban J connectivity index is 3.28. The highest BCUT2D eigenvalue weighted by Crippen LogP contribution is 2.36. The molecule has 0 aliphatic heterocycles. The molecule has 0 saturated heterocycles. The summed E-state index contributed by atoms with van der Waals surface area (Å²) in [7, 11) is 0. The van der Waals surface area contributed by atoms with Gasteiger partial charge in [-0.15, -0.1) is 0 Å². The molecule has 0 heterocycles. The quantitative estimate of drug-likeness (QED) is 0.414. The van der Waals surface area contributed by atoms with Crippen molar-refractivity contribution in [2.24, 2.45) is 5.84 Å². The molecule has 1 aromatic carbocycles. The number of halogens is 3. The van der Waals surface area contributed by atoms with E-state index in [1.807, 2.05) is 0 Å². The molecule has 0 spiro atoms. The third kappa shape index (κ3) is 3.96. The highest BCUT2D eigenvalue weighted by molar-refractivity contribution is 5.76. The van der Waals surface area contributed by atoms with Gasteiger partial charge < -0.3 is 15.4 Å². The van der Waals surface area contributed by atoms with Crippen molar-refractivity contribution in [1.29, 1.82) is 0 Å². The lowest BCUT2D eigenvalue weighted by atomic mass is 10.2. The highest BCUT2D eigenvalue weighted by atomic mass is 19.4. The van der Waals surface area contributed by atoms with E-state index in [0.29, 0.717) is 4.90 Å². The first-order valence-electron chi connectivity index (χ1n) is 5.46. The topological polar surface area (TPSA) is 105 Å². The second-order valence-electron chi connectivity index (χ2n) is 3.84. The molecule has 0 radical (unpaired) electrons. The summed E-state index contributed by atoms with van der Waals surface area (Å²) in [5.41, 5.74) is 1.11. The van der Waals surface area contributed by atoms with E-state index in [1.54, 1.807) is 0 Å². The number of hydrogen-bond acceptors (Lipinski definition) is 6. The lowest BCUT2D eigenvalue weighted by molar-refractivity contribution is -0.383. The van der Waals surface area contributed by atoms with Crippen molar-refractivity contribution in [2.75, 3.05) is 30.0 Å². The van der Waals surface area contributed by atoms with Crippen molar-refractivity contribution in [3.63, 3.8) is 0 Å². The van der Waals surface area contributed by atoms with Gasteiger partial charge in [0.1, 0.15) is 17.9 Å². The molecule has 0 fully saturated rings. The fourth-order valence-corrected chi connectivity index (χ4v) is 1.72. The van der Waals surface area contributed by atoms with Gasteiger partial charge in [-0.2, -0.15) is 13.2 Å². The second-order valence-corrected chi connectivity index (χ2v) is 3.84. The molecule has 1 aromatic rings. The van der Waals surface area contributed by atoms with Gasteiger partial charge in [0.05, 0.1) is 11.5 Å². The van der Waals surface area contributed by atoms with Crippen molar-refractivity contribution >= 4 is 17.1 Å². The Hall–Kier alpha value is -2.07. The highest BCUT2D eigenvalue weighted by Gasteiger charge is 2.33. The van der Waals surface area contributed by atoms with Crippen LogP contribution in [0.15, 0.2) is 18.2 Å². The number of nitrogen functional groups attached to an aromatic ring is 1. The maximum absolute atomic E-state index is 12.5. The van der Waals surface area contributed by atoms with E-state index >= 15 is 0 Å². The predicted octanol–water partition coefficient (Wildman–Crippen LogP) is 1.24. The lowest BCUT2D eigenvalue weighted by Gasteiger charge is -2.25. The third-order valence-electron chi connectivity index (χ3n) is 2.43. The van der Waals surface area contributed by atoms with Gasteiger partial charge in [0.2, 0.25) is 0 Å². The summed E-state index contributed by atoms with van der Waals surface area (Å²) in [4.78, 5) is 10.9. The second kappa shape index (κ2) is 6.39. The number of aliphatic hydroxyl groups excluding tert-OH is 1. The number of rotatable bonds is 6. The number of aliphatic hydroxyl groups is 1. The molecule has 0 amide bonds. The number of benzene rings is 1. The van der Waals surface area contributed by atoms with Crippen molar-refractivity contribution in [3.8, 4) is 0 Å². The van der Waals surface area contributed by atoms with E-state index in [1.165, 1.54) is 18.2 Å². The van der Waals surface area contributed by atoms with Crippen molar-refractivity contribution in [1.82, 2.24) is 0 Å². The number of nitrogens with one attached hydrogen (secondary N) is 1. The average molecular weight is 294 g/mol. The summed E-state index contributed by atoms with van der Waals surface area (Å²) in [6.07, 6.45) is -4.56. The monoisotopic (exact) mass is 294 g/mol. The molecule has 0 aromatic heterocycles. The average Bonchev–Trinajstić information content (AvgIpc) is 2.35. The number of para-hydroxylation sites is 1. The molecule has 0 atom stereocenters. The van der Waals surface area contributed by atoms with Gasteiger partial charge in [-0.25, -0.2) is 0 Å². The summed E-state index contributed by atoms with van der Waals surface area (Å²) < 4.78 is 37.5. The molecule has 0 unspecified atom stereocenters. The number of anilines is 2. The summed E-state index contributed by atoms with van der Waals surface area (Å²) >= 11 is 0. The largest absolute Gasteiger partial charge is 0.405 e. The summed E-state index contributed by atoms with van der Waals surface area (Å²) in [6, 6.07) is 3.77. The molecule has 10 heteroatoms. The summed E-state index contributed by atoms with van der Waals surface area (Å²) in [5.74, 6) is 5.11. The number of alkyl halides is 3. The first-order valence-corrected chi connectivity index (χ1v) is 5.46. The number of nitro benzene ring substituents is 1. The van der Waals surface area contributed by atoms with Crippen molar-refractivity contribution in [3.05, 3.63) is 28.3 Å². The Morgan fingerprint density at radius 1 is 1.45 bits per heavy atom. The van der Waals surface area contributed by atoms with Crippen LogP contribution < -0.4 is 16.2 Å². The van der Waals surface area contributed by atoms with Crippen LogP contribution in [0.2, 0.25) is 0 Å². The normalized spacial score (nSPS) is 11.2. The first-order chi connectivity index (χ1) is 9.30. The molecular weight excluding hydrogens is 281 g/mol. The smallest absolute Gasteiger partial charge is 0.395 e. The zero-order valence-electron chi connectivity index (χ0n) is 10.2. The van der Waals surface area contributed by atoms with Gasteiger partial charge in [-0.05, 0) is 12.1 Å². The van der Waals surface area contributed by atoms with Crippen LogP contribution in [-0.2, 0) is 0 Å². The maximum atomic E-state index is 12.5. The van der Waals surface area contributed by atoms with E-state index < -0.39 is 36.5 Å². The zero-order valence-corrected chi connectivity index (χ0v) is 10.2. The standard InChI is InChI=1S/C10H13F3N4O3/c11-10(12,13)6-16(4-5-18)8-3-1-2-7(15-14)9(8)17(19)20/h1-3,15,18H,4-6,14H2. The molecule has 0 aliphatic carbocycles. The van der Waals surface area contributed by atoms with E-state index in [4.69, 9.17) is 10.9 Å². The van der Waals surface area contributed by atoms with Crippen molar-refractivity contribution < 1.29 is 23.2 Å². The number of hydrazine groups is 1. The van der Waals surface area contributed by atoms with Crippen LogP contribution in [0.25, 0.3) is 0 Å². The number of nitrogens with zero attached hydrogens (tertiary/aromatic N) is 2. The minimum atomic E-state index is -4.56.